The molecule has 24 heavy (non-hydrogen) atoms. The molecule has 3 rings (SSSR count). The Morgan fingerprint density at radius 1 is 1.33 bits per heavy atom. The highest BCUT2D eigenvalue weighted by atomic mass is 16.4. The van der Waals surface area contributed by atoms with Gasteiger partial charge in [-0.15, -0.1) is 0 Å². The van der Waals surface area contributed by atoms with E-state index in [1.54, 1.807) is 12.1 Å². The summed E-state index contributed by atoms with van der Waals surface area (Å²) in [5.41, 5.74) is 8.01. The second kappa shape index (κ2) is 5.69. The van der Waals surface area contributed by atoms with Crippen LogP contribution in [0.25, 0.3) is 0 Å². The average Bonchev–Trinajstić information content (AvgIpc) is 2.82. The molecule has 6 heteroatoms. The van der Waals surface area contributed by atoms with E-state index in [4.69, 9.17) is 5.73 Å². The summed E-state index contributed by atoms with van der Waals surface area (Å²) in [6.45, 7) is 7.18. The van der Waals surface area contributed by atoms with E-state index in [1.807, 2.05) is 11.0 Å². The second-order valence-electron chi connectivity index (χ2n) is 7.89. The molecule has 2 amide bonds. The van der Waals surface area contributed by atoms with E-state index in [2.05, 4.69) is 20.8 Å². The molecule has 0 saturated carbocycles. The SMILES string of the molecule is CC(C)(C)C1CC(N2Cc3cc(N)ccc3C2=O)CCN1C(=O)O. The van der Waals surface area contributed by atoms with Crippen LogP contribution in [0.1, 0.15) is 49.5 Å². The van der Waals surface area contributed by atoms with Crippen LogP contribution in [0.2, 0.25) is 0 Å². The molecule has 2 heterocycles. The maximum absolute atomic E-state index is 12.7. The Kier molecular flexibility index (Phi) is 3.94. The summed E-state index contributed by atoms with van der Waals surface area (Å²) >= 11 is 0. The largest absolute Gasteiger partial charge is 0.465 e. The lowest BCUT2D eigenvalue weighted by atomic mass is 9.79. The number of hydrogen-bond acceptors (Lipinski definition) is 3. The molecule has 1 aromatic carbocycles. The topological polar surface area (TPSA) is 86.9 Å². The van der Waals surface area contributed by atoms with Crippen molar-refractivity contribution in [1.82, 2.24) is 9.80 Å². The zero-order chi connectivity index (χ0) is 17.6. The molecule has 2 aliphatic rings. The van der Waals surface area contributed by atoms with E-state index in [1.165, 1.54) is 4.90 Å². The third-order valence-corrected chi connectivity index (χ3v) is 5.22. The molecule has 1 aromatic rings. The number of carbonyl (C=O) groups is 2. The van der Waals surface area contributed by atoms with Gasteiger partial charge in [-0.25, -0.2) is 4.79 Å². The quantitative estimate of drug-likeness (QED) is 0.775. The minimum atomic E-state index is -0.878. The van der Waals surface area contributed by atoms with Gasteiger partial charge in [-0.3, -0.25) is 4.79 Å². The summed E-state index contributed by atoms with van der Waals surface area (Å²) in [6, 6.07) is 5.37. The van der Waals surface area contributed by atoms with Crippen molar-refractivity contribution in [1.29, 1.82) is 0 Å². The van der Waals surface area contributed by atoms with Gasteiger partial charge >= 0.3 is 6.09 Å². The van der Waals surface area contributed by atoms with Gasteiger partial charge in [0.15, 0.2) is 0 Å². The molecule has 3 N–H and O–H groups in total. The molecule has 0 aromatic heterocycles. The van der Waals surface area contributed by atoms with E-state index in [0.29, 0.717) is 31.6 Å². The maximum atomic E-state index is 12.7. The molecule has 1 fully saturated rings. The standard InChI is InChI=1S/C18H25N3O3/c1-18(2,3)15-9-13(6-7-20(15)17(23)24)21-10-11-8-12(19)4-5-14(11)16(21)22/h4-5,8,13,15H,6-7,9-10,19H2,1-3H3,(H,23,24). The number of amides is 2. The lowest BCUT2D eigenvalue weighted by Crippen LogP contribution is -2.56. The molecule has 1 saturated heterocycles. The summed E-state index contributed by atoms with van der Waals surface area (Å²) in [5, 5.41) is 9.48. The predicted octanol–water partition coefficient (Wildman–Crippen LogP) is 2.78. The molecular formula is C18H25N3O3. The molecule has 2 unspecified atom stereocenters. The smallest absolute Gasteiger partial charge is 0.407 e. The Labute approximate surface area is 142 Å². The fourth-order valence-corrected chi connectivity index (χ4v) is 3.94. The first-order chi connectivity index (χ1) is 11.2. The summed E-state index contributed by atoms with van der Waals surface area (Å²) in [7, 11) is 0. The zero-order valence-electron chi connectivity index (χ0n) is 14.5. The third kappa shape index (κ3) is 2.81. The lowest BCUT2D eigenvalue weighted by molar-refractivity contribution is 0.0199. The van der Waals surface area contributed by atoms with Crippen molar-refractivity contribution >= 4 is 17.7 Å². The van der Waals surface area contributed by atoms with Crippen molar-refractivity contribution in [2.24, 2.45) is 5.41 Å². The first-order valence-corrected chi connectivity index (χ1v) is 8.37. The predicted molar refractivity (Wildman–Crippen MR) is 91.7 cm³/mol. The number of carboxylic acid groups (broad SMARTS) is 1. The van der Waals surface area contributed by atoms with Gasteiger partial charge in [-0.2, -0.15) is 0 Å². The maximum Gasteiger partial charge on any atom is 0.407 e. The molecule has 130 valence electrons. The molecule has 0 bridgehead atoms. The van der Waals surface area contributed by atoms with E-state index in [-0.39, 0.29) is 23.4 Å². The Hall–Kier alpha value is -2.24. The van der Waals surface area contributed by atoms with Crippen LogP contribution in [0.4, 0.5) is 10.5 Å². The molecule has 6 nitrogen and oxygen atoms in total. The van der Waals surface area contributed by atoms with Crippen molar-refractivity contribution in [2.45, 2.75) is 52.2 Å². The second-order valence-corrected chi connectivity index (χ2v) is 7.89. The number of anilines is 1. The number of fused-ring (bicyclic) bond motifs is 1. The van der Waals surface area contributed by atoms with Gasteiger partial charge in [0.25, 0.3) is 5.91 Å². The van der Waals surface area contributed by atoms with Crippen LogP contribution >= 0.6 is 0 Å². The lowest BCUT2D eigenvalue weighted by Gasteiger charge is -2.46. The van der Waals surface area contributed by atoms with E-state index in [0.717, 1.165) is 11.1 Å². The van der Waals surface area contributed by atoms with Gasteiger partial charge in [0.1, 0.15) is 0 Å². The molecule has 0 radical (unpaired) electrons. The zero-order valence-corrected chi connectivity index (χ0v) is 14.5. The van der Waals surface area contributed by atoms with Crippen molar-refractivity contribution in [3.8, 4) is 0 Å². The number of likely N-dealkylation sites (tertiary alicyclic amines) is 1. The van der Waals surface area contributed by atoms with Crippen molar-refractivity contribution < 1.29 is 14.7 Å². The highest BCUT2D eigenvalue weighted by Gasteiger charge is 2.42. The summed E-state index contributed by atoms with van der Waals surface area (Å²) in [4.78, 5) is 27.7. The number of nitrogens with two attached hydrogens (primary N) is 1. The number of rotatable bonds is 1. The molecule has 2 atom stereocenters. The Bertz CT molecular complexity index is 681. The number of hydrogen-bond donors (Lipinski definition) is 2. The number of piperidine rings is 1. The van der Waals surface area contributed by atoms with Crippen molar-refractivity contribution in [2.75, 3.05) is 12.3 Å². The van der Waals surface area contributed by atoms with E-state index < -0.39 is 6.09 Å². The average molecular weight is 331 g/mol. The van der Waals surface area contributed by atoms with Gasteiger partial charge in [0.05, 0.1) is 0 Å². The Morgan fingerprint density at radius 3 is 2.67 bits per heavy atom. The first kappa shape index (κ1) is 16.6. The Balaban J connectivity index is 1.82. The van der Waals surface area contributed by atoms with Crippen molar-refractivity contribution in [3.05, 3.63) is 29.3 Å². The highest BCUT2D eigenvalue weighted by molar-refractivity contribution is 5.99. The van der Waals surface area contributed by atoms with Gasteiger partial charge in [-0.1, -0.05) is 20.8 Å². The Morgan fingerprint density at radius 2 is 2.04 bits per heavy atom. The third-order valence-electron chi connectivity index (χ3n) is 5.22. The number of nitrogens with zero attached hydrogens (tertiary/aromatic N) is 2. The van der Waals surface area contributed by atoms with Crippen LogP contribution in [0.3, 0.4) is 0 Å². The van der Waals surface area contributed by atoms with Crippen molar-refractivity contribution in [3.63, 3.8) is 0 Å². The highest BCUT2D eigenvalue weighted by Crippen LogP contribution is 2.36. The molecular weight excluding hydrogens is 306 g/mol. The van der Waals surface area contributed by atoms with Gasteiger partial charge in [-0.05, 0) is 42.0 Å². The van der Waals surface area contributed by atoms with Gasteiger partial charge in [0, 0.05) is 36.4 Å². The summed E-state index contributed by atoms with van der Waals surface area (Å²) < 4.78 is 0. The number of carbonyl (C=O) groups excluding carboxylic acids is 1. The molecule has 0 aliphatic carbocycles. The van der Waals surface area contributed by atoms with E-state index in [9.17, 15) is 14.7 Å². The normalized spacial score (nSPS) is 24.2. The van der Waals surface area contributed by atoms with Gasteiger partial charge < -0.3 is 20.6 Å². The number of nitrogen functional groups attached to an aromatic ring is 1. The molecule has 2 aliphatic heterocycles. The number of benzene rings is 1. The molecule has 0 spiro atoms. The van der Waals surface area contributed by atoms with E-state index >= 15 is 0 Å². The van der Waals surface area contributed by atoms with Crippen LogP contribution in [0.15, 0.2) is 18.2 Å². The summed E-state index contributed by atoms with van der Waals surface area (Å²) in [5.74, 6) is 0.0337. The first-order valence-electron chi connectivity index (χ1n) is 8.37. The van der Waals surface area contributed by atoms with Crippen LogP contribution in [-0.4, -0.2) is 45.5 Å². The minimum absolute atomic E-state index is 0.0337. The fourth-order valence-electron chi connectivity index (χ4n) is 3.94. The van der Waals surface area contributed by atoms with Crippen LogP contribution in [0.5, 0.6) is 0 Å². The fraction of sp³-hybridized carbons (Fsp3) is 0.556. The van der Waals surface area contributed by atoms with Crippen LogP contribution in [0, 0.1) is 5.41 Å². The van der Waals surface area contributed by atoms with Gasteiger partial charge in [0.2, 0.25) is 0 Å². The summed E-state index contributed by atoms with van der Waals surface area (Å²) in [6.07, 6.45) is 0.469. The monoisotopic (exact) mass is 331 g/mol. The van der Waals surface area contributed by atoms with Crippen LogP contribution in [-0.2, 0) is 6.54 Å². The van der Waals surface area contributed by atoms with Crippen LogP contribution < -0.4 is 5.73 Å². The minimum Gasteiger partial charge on any atom is -0.465 e.